The number of hydrazone groups is 1. The van der Waals surface area contributed by atoms with Crippen molar-refractivity contribution in [1.82, 2.24) is 5.43 Å². The Labute approximate surface area is 181 Å². The van der Waals surface area contributed by atoms with Crippen LogP contribution in [0.25, 0.3) is 0 Å². The maximum Gasteiger partial charge on any atom is 0.271 e. The molecular weight excluding hydrogens is 400 g/mol. The molecule has 0 fully saturated rings. The lowest BCUT2D eigenvalue weighted by Crippen LogP contribution is -2.19. The first-order valence-corrected chi connectivity index (χ1v) is 9.81. The molecule has 3 rings (SSSR count). The van der Waals surface area contributed by atoms with Crippen molar-refractivity contribution in [3.8, 4) is 11.5 Å². The van der Waals surface area contributed by atoms with Crippen LogP contribution in [0.1, 0.15) is 34.0 Å². The van der Waals surface area contributed by atoms with Crippen molar-refractivity contribution in [2.75, 3.05) is 7.11 Å². The quantitative estimate of drug-likeness (QED) is 0.410. The van der Waals surface area contributed by atoms with E-state index in [9.17, 15) is 4.79 Å². The van der Waals surface area contributed by atoms with Crippen LogP contribution in [0.4, 0.5) is 0 Å². The van der Waals surface area contributed by atoms with Gasteiger partial charge in [-0.15, -0.1) is 0 Å². The molecule has 154 valence electrons. The summed E-state index contributed by atoms with van der Waals surface area (Å²) in [5, 5.41) is 4.89. The number of carbonyl (C=O) groups is 1. The highest BCUT2D eigenvalue weighted by atomic mass is 35.5. The molecule has 0 heterocycles. The number of hydrogen-bond acceptors (Lipinski definition) is 4. The molecule has 6 heteroatoms. The van der Waals surface area contributed by atoms with Gasteiger partial charge in [0.15, 0.2) is 0 Å². The van der Waals surface area contributed by atoms with Crippen LogP contribution in [-0.4, -0.2) is 18.7 Å². The van der Waals surface area contributed by atoms with Gasteiger partial charge in [0.05, 0.1) is 12.8 Å². The normalized spacial score (nSPS) is 11.1. The van der Waals surface area contributed by atoms with Gasteiger partial charge in [0, 0.05) is 10.6 Å². The lowest BCUT2D eigenvalue weighted by atomic mass is 10.1. The first-order valence-electron chi connectivity index (χ1n) is 9.43. The number of halogens is 1. The Morgan fingerprint density at radius 1 is 0.967 bits per heavy atom. The molecule has 1 amide bonds. The van der Waals surface area contributed by atoms with E-state index < -0.39 is 0 Å². The van der Waals surface area contributed by atoms with E-state index in [1.165, 1.54) is 0 Å². The average Bonchev–Trinajstić information content (AvgIpc) is 2.78. The highest BCUT2D eigenvalue weighted by Gasteiger charge is 2.06. The maximum absolute atomic E-state index is 12.4. The Bertz CT molecular complexity index is 1050. The second-order valence-electron chi connectivity index (χ2n) is 6.76. The summed E-state index contributed by atoms with van der Waals surface area (Å²) in [5.41, 5.74) is 6.64. The predicted octanol–water partition coefficient (Wildman–Crippen LogP) is 5.39. The van der Waals surface area contributed by atoms with E-state index in [2.05, 4.69) is 10.5 Å². The van der Waals surface area contributed by atoms with E-state index in [1.807, 2.05) is 68.4 Å². The summed E-state index contributed by atoms with van der Waals surface area (Å²) in [7, 11) is 1.62. The van der Waals surface area contributed by atoms with Crippen LogP contribution in [-0.2, 0) is 6.61 Å². The molecule has 30 heavy (non-hydrogen) atoms. The van der Waals surface area contributed by atoms with Crippen LogP contribution in [0.2, 0.25) is 5.02 Å². The van der Waals surface area contributed by atoms with E-state index in [4.69, 9.17) is 21.1 Å². The zero-order valence-electron chi connectivity index (χ0n) is 17.1. The average molecular weight is 423 g/mol. The number of ether oxygens (including phenoxy) is 2. The third kappa shape index (κ3) is 5.61. The van der Waals surface area contributed by atoms with E-state index in [-0.39, 0.29) is 5.91 Å². The summed E-state index contributed by atoms with van der Waals surface area (Å²) in [5.74, 6) is 1.25. The monoisotopic (exact) mass is 422 g/mol. The van der Waals surface area contributed by atoms with E-state index in [1.54, 1.807) is 19.2 Å². The van der Waals surface area contributed by atoms with Gasteiger partial charge in [-0.05, 0) is 85.1 Å². The molecular formula is C24H23ClN2O3. The van der Waals surface area contributed by atoms with Gasteiger partial charge in [-0.2, -0.15) is 5.10 Å². The Kier molecular flexibility index (Phi) is 7.09. The molecule has 0 radical (unpaired) electrons. The third-order valence-electron chi connectivity index (χ3n) is 4.58. The number of carbonyl (C=O) groups excluding carboxylic acids is 1. The lowest BCUT2D eigenvalue weighted by Gasteiger charge is -2.08. The van der Waals surface area contributed by atoms with Gasteiger partial charge in [0.1, 0.15) is 18.1 Å². The van der Waals surface area contributed by atoms with Gasteiger partial charge in [-0.1, -0.05) is 23.7 Å². The molecule has 0 aliphatic heterocycles. The molecule has 0 aliphatic carbocycles. The number of amides is 1. The van der Waals surface area contributed by atoms with Gasteiger partial charge >= 0.3 is 0 Å². The van der Waals surface area contributed by atoms with E-state index >= 15 is 0 Å². The second kappa shape index (κ2) is 9.94. The summed E-state index contributed by atoms with van der Waals surface area (Å²) in [6, 6.07) is 20.2. The van der Waals surface area contributed by atoms with Crippen molar-refractivity contribution in [3.63, 3.8) is 0 Å². The van der Waals surface area contributed by atoms with Crippen molar-refractivity contribution < 1.29 is 14.3 Å². The number of nitrogens with zero attached hydrogens (tertiary/aromatic N) is 1. The maximum atomic E-state index is 12.4. The van der Waals surface area contributed by atoms with Crippen LogP contribution in [0.5, 0.6) is 11.5 Å². The van der Waals surface area contributed by atoms with Crippen molar-refractivity contribution in [1.29, 1.82) is 0 Å². The largest absolute Gasteiger partial charge is 0.497 e. The number of benzene rings is 3. The number of nitrogens with one attached hydrogen (secondary N) is 1. The van der Waals surface area contributed by atoms with Crippen LogP contribution >= 0.6 is 11.6 Å². The Morgan fingerprint density at radius 2 is 1.60 bits per heavy atom. The molecule has 0 aliphatic rings. The van der Waals surface area contributed by atoms with Crippen molar-refractivity contribution >= 4 is 23.2 Å². The summed E-state index contributed by atoms with van der Waals surface area (Å²) in [4.78, 5) is 12.4. The molecule has 0 bridgehead atoms. The SMILES string of the molecule is COc1ccc(/C(C)=N\NC(=O)c2ccc(COc3ccc(Cl)c(C)c3)cc2)cc1. The Balaban J connectivity index is 1.56. The standard InChI is InChI=1S/C24H23ClN2O3/c1-16-14-22(12-13-23(16)25)30-15-18-4-6-20(7-5-18)24(28)27-26-17(2)19-8-10-21(29-3)11-9-19/h4-14H,15H2,1-3H3,(H,27,28)/b26-17-. The minimum absolute atomic E-state index is 0.274. The highest BCUT2D eigenvalue weighted by molar-refractivity contribution is 6.31. The third-order valence-corrected chi connectivity index (χ3v) is 5.01. The van der Waals surface area contributed by atoms with Gasteiger partial charge in [-0.25, -0.2) is 5.43 Å². The first-order chi connectivity index (χ1) is 14.5. The Morgan fingerprint density at radius 3 is 2.23 bits per heavy atom. The van der Waals surface area contributed by atoms with E-state index in [0.29, 0.717) is 22.9 Å². The number of aryl methyl sites for hydroxylation is 1. The molecule has 3 aromatic carbocycles. The molecule has 0 saturated heterocycles. The molecule has 3 aromatic rings. The zero-order valence-corrected chi connectivity index (χ0v) is 17.9. The molecule has 5 nitrogen and oxygen atoms in total. The topological polar surface area (TPSA) is 59.9 Å². The van der Waals surface area contributed by atoms with Gasteiger partial charge in [0.25, 0.3) is 5.91 Å². The van der Waals surface area contributed by atoms with Crippen LogP contribution < -0.4 is 14.9 Å². The number of rotatable bonds is 7. The minimum atomic E-state index is -0.274. The summed E-state index contributed by atoms with van der Waals surface area (Å²) in [6.07, 6.45) is 0. The zero-order chi connectivity index (χ0) is 21.5. The van der Waals surface area contributed by atoms with Crippen molar-refractivity contribution in [3.05, 3.63) is 94.0 Å². The molecule has 0 atom stereocenters. The fourth-order valence-corrected chi connectivity index (χ4v) is 2.84. The van der Waals surface area contributed by atoms with Crippen molar-refractivity contribution in [2.45, 2.75) is 20.5 Å². The van der Waals surface area contributed by atoms with Gasteiger partial charge in [-0.3, -0.25) is 4.79 Å². The van der Waals surface area contributed by atoms with Crippen LogP contribution in [0, 0.1) is 6.92 Å². The lowest BCUT2D eigenvalue weighted by molar-refractivity contribution is 0.0955. The van der Waals surface area contributed by atoms with Crippen LogP contribution in [0.3, 0.4) is 0 Å². The van der Waals surface area contributed by atoms with Crippen LogP contribution in [0.15, 0.2) is 71.8 Å². The summed E-state index contributed by atoms with van der Waals surface area (Å²) in [6.45, 7) is 4.17. The first kappa shape index (κ1) is 21.4. The highest BCUT2D eigenvalue weighted by Crippen LogP contribution is 2.22. The molecule has 0 aromatic heterocycles. The smallest absolute Gasteiger partial charge is 0.271 e. The Hall–Kier alpha value is -3.31. The fourth-order valence-electron chi connectivity index (χ4n) is 2.72. The summed E-state index contributed by atoms with van der Waals surface area (Å²) < 4.78 is 10.9. The summed E-state index contributed by atoms with van der Waals surface area (Å²) >= 11 is 6.03. The second-order valence-corrected chi connectivity index (χ2v) is 7.17. The van der Waals surface area contributed by atoms with E-state index in [0.717, 1.165) is 28.2 Å². The number of hydrogen-bond donors (Lipinski definition) is 1. The molecule has 0 saturated carbocycles. The predicted molar refractivity (Wildman–Crippen MR) is 120 cm³/mol. The minimum Gasteiger partial charge on any atom is -0.497 e. The van der Waals surface area contributed by atoms with Crippen molar-refractivity contribution in [2.24, 2.45) is 5.10 Å². The number of methoxy groups -OCH3 is 1. The molecule has 0 spiro atoms. The molecule has 1 N–H and O–H groups in total. The van der Waals surface area contributed by atoms with Gasteiger partial charge < -0.3 is 9.47 Å². The van der Waals surface area contributed by atoms with Gasteiger partial charge in [0.2, 0.25) is 0 Å². The molecule has 0 unspecified atom stereocenters. The fraction of sp³-hybridized carbons (Fsp3) is 0.167.